The molecule has 0 saturated heterocycles. The first-order valence-electron chi connectivity index (χ1n) is 3.71. The number of hydrogen-bond acceptors (Lipinski definition) is 2. The number of rotatable bonds is 0. The molecule has 0 N–H and O–H groups in total. The summed E-state index contributed by atoms with van der Waals surface area (Å²) in [6.45, 7) is 0.426. The van der Waals surface area contributed by atoms with Gasteiger partial charge in [-0.1, -0.05) is 12.2 Å². The maximum atomic E-state index is 11.2. The Kier molecular flexibility index (Phi) is 1.42. The highest BCUT2D eigenvalue weighted by Crippen LogP contribution is 2.19. The van der Waals surface area contributed by atoms with E-state index in [0.717, 1.165) is 16.9 Å². The van der Waals surface area contributed by atoms with E-state index in [9.17, 15) is 4.91 Å². The predicted molar refractivity (Wildman–Crippen MR) is 42.6 cm³/mol. The lowest BCUT2D eigenvalue weighted by atomic mass is 10.0. The minimum atomic E-state index is -0.0231. The molecule has 0 aromatic carbocycles. The number of nitrogens with zero attached hydrogens (tertiary/aromatic N) is 2. The van der Waals surface area contributed by atoms with Crippen molar-refractivity contribution in [2.45, 2.75) is 12.5 Å². The second kappa shape index (κ2) is 2.42. The molecule has 1 unspecified atom stereocenters. The zero-order valence-electron chi connectivity index (χ0n) is 6.10. The molecule has 2 rings (SSSR count). The van der Waals surface area contributed by atoms with Gasteiger partial charge in [0.15, 0.2) is 0 Å². The van der Waals surface area contributed by atoms with Crippen LogP contribution in [0.25, 0.3) is 0 Å². The largest absolute Gasteiger partial charge is 0.252 e. The Morgan fingerprint density at radius 2 is 2.55 bits per heavy atom. The summed E-state index contributed by atoms with van der Waals surface area (Å²) in [5.74, 6) is 0. The van der Waals surface area contributed by atoms with Crippen molar-refractivity contribution in [2.24, 2.45) is 4.99 Å². The zero-order valence-corrected chi connectivity index (χ0v) is 6.10. The third-order valence-electron chi connectivity index (χ3n) is 1.95. The maximum Gasteiger partial charge on any atom is 0.246 e. The van der Waals surface area contributed by atoms with Gasteiger partial charge in [0.1, 0.15) is 5.70 Å². The average molecular weight is 149 g/mol. The van der Waals surface area contributed by atoms with Crippen LogP contribution < -0.4 is 0 Å². The molecule has 2 aliphatic rings. The smallest absolute Gasteiger partial charge is 0.246 e. The van der Waals surface area contributed by atoms with Crippen LogP contribution in [0.3, 0.4) is 0 Å². The van der Waals surface area contributed by atoms with E-state index in [0.29, 0.717) is 6.54 Å². The van der Waals surface area contributed by atoms with Gasteiger partial charge in [-0.3, -0.25) is 4.99 Å². The van der Waals surface area contributed by atoms with Crippen LogP contribution in [0.15, 0.2) is 28.9 Å². The predicted octanol–water partition coefficient (Wildman–Crippen LogP) is 1.06. The first kappa shape index (κ1) is 6.46. The Morgan fingerprint density at radius 1 is 1.64 bits per heavy atom. The molecule has 0 bridgehead atoms. The third-order valence-corrected chi connectivity index (χ3v) is 1.95. The van der Waals surface area contributed by atoms with E-state index < -0.39 is 0 Å². The summed E-state index contributed by atoms with van der Waals surface area (Å²) in [6, 6.07) is -0.0231. The summed E-state index contributed by atoms with van der Waals surface area (Å²) in [7, 11) is 0. The van der Waals surface area contributed by atoms with E-state index in [1.54, 1.807) is 6.21 Å². The van der Waals surface area contributed by atoms with Crippen LogP contribution in [0.5, 0.6) is 0 Å². The number of allylic oxidation sites excluding steroid dienone is 2. The minimum Gasteiger partial charge on any atom is -0.252 e. The normalized spacial score (nSPS) is 28.2. The molecule has 0 aromatic rings. The van der Waals surface area contributed by atoms with Crippen LogP contribution >= 0.6 is 0 Å². The molecule has 3 nitrogen and oxygen atoms in total. The number of nitroso groups, excluding NO2 is 1. The number of fused-ring (bicyclic) bond motifs is 1. The van der Waals surface area contributed by atoms with Gasteiger partial charge in [0.05, 0.1) is 6.21 Å². The van der Waals surface area contributed by atoms with Crippen molar-refractivity contribution in [3.63, 3.8) is 0 Å². The fourth-order valence-corrected chi connectivity index (χ4v) is 1.35. The Bertz CT molecular complexity index is 276. The molecule has 1 atom stereocenters. The van der Waals surface area contributed by atoms with Gasteiger partial charge < -0.3 is 0 Å². The van der Waals surface area contributed by atoms with Crippen molar-refractivity contribution in [1.82, 2.24) is 0 Å². The highest BCUT2D eigenvalue weighted by Gasteiger charge is 2.31. The van der Waals surface area contributed by atoms with Gasteiger partial charge in [-0.25, -0.2) is 0 Å². The fraction of sp³-hybridized carbons (Fsp3) is 0.375. The van der Waals surface area contributed by atoms with Gasteiger partial charge in [0.25, 0.3) is 0 Å². The highest BCUT2D eigenvalue weighted by molar-refractivity contribution is 5.61. The minimum absolute atomic E-state index is 0.0231. The molecule has 1 aliphatic heterocycles. The molecule has 0 amide bonds. The molecule has 0 fully saturated rings. The van der Waals surface area contributed by atoms with Crippen molar-refractivity contribution in [3.8, 4) is 0 Å². The maximum absolute atomic E-state index is 11.2. The highest BCUT2D eigenvalue weighted by atomic mass is 16.3. The molecule has 56 valence electrons. The zero-order chi connectivity index (χ0) is 7.68. The van der Waals surface area contributed by atoms with Crippen molar-refractivity contribution in [3.05, 3.63) is 28.8 Å². The Balaban J connectivity index is 2.36. The first-order valence-corrected chi connectivity index (χ1v) is 3.71. The Morgan fingerprint density at radius 3 is 3.36 bits per heavy atom. The van der Waals surface area contributed by atoms with Crippen LogP contribution in [0.2, 0.25) is 0 Å². The van der Waals surface area contributed by atoms with Gasteiger partial charge >= 0.3 is 0 Å². The summed E-state index contributed by atoms with van der Waals surface area (Å²) < 4.78 is 1.07. The van der Waals surface area contributed by atoms with E-state index in [-0.39, 0.29) is 6.04 Å². The summed E-state index contributed by atoms with van der Waals surface area (Å²) in [4.78, 5) is 15.3. The number of aliphatic imine (C=N–C) groups is 1. The lowest BCUT2D eigenvalue weighted by Gasteiger charge is -2.12. The molecular weight excluding hydrogens is 140 g/mol. The molecule has 1 aliphatic carbocycles. The molecule has 0 spiro atoms. The van der Waals surface area contributed by atoms with Gasteiger partial charge in [0, 0.05) is 16.1 Å². The van der Waals surface area contributed by atoms with E-state index in [4.69, 9.17) is 0 Å². The van der Waals surface area contributed by atoms with Gasteiger partial charge in [-0.15, -0.1) is 0 Å². The summed E-state index contributed by atoms with van der Waals surface area (Å²) >= 11 is 0. The Hall–Kier alpha value is -1.25. The van der Waals surface area contributed by atoms with E-state index in [2.05, 4.69) is 4.99 Å². The molecule has 11 heavy (non-hydrogen) atoms. The molecule has 0 aromatic heterocycles. The molecular formula is C8H9N2O+. The standard InChI is InChI=1S/C8H9N2O/c11-10-6-5-9-7-3-1-2-4-8(7)10/h1-3,5,8H,4,6H2/q+1. The second-order valence-corrected chi connectivity index (χ2v) is 2.68. The number of hydrogen-bond donors (Lipinski definition) is 0. The first-order chi connectivity index (χ1) is 5.38. The summed E-state index contributed by atoms with van der Waals surface area (Å²) in [5, 5.41) is 0. The molecule has 0 saturated carbocycles. The summed E-state index contributed by atoms with van der Waals surface area (Å²) in [5.41, 5.74) is 0.897. The molecule has 3 heteroatoms. The monoisotopic (exact) mass is 149 g/mol. The van der Waals surface area contributed by atoms with Crippen LogP contribution in [0.1, 0.15) is 6.42 Å². The van der Waals surface area contributed by atoms with Crippen molar-refractivity contribution in [2.75, 3.05) is 6.54 Å². The van der Waals surface area contributed by atoms with Crippen LogP contribution in [-0.2, 0) is 0 Å². The summed E-state index contributed by atoms with van der Waals surface area (Å²) in [6.07, 6.45) is 8.30. The Labute approximate surface area is 64.7 Å². The topological polar surface area (TPSA) is 32.4 Å². The van der Waals surface area contributed by atoms with Crippen LogP contribution in [0, 0.1) is 4.91 Å². The quantitative estimate of drug-likeness (QED) is 0.474. The molecule has 1 heterocycles. The lowest BCUT2D eigenvalue weighted by Crippen LogP contribution is -2.31. The molecule has 0 radical (unpaired) electrons. The van der Waals surface area contributed by atoms with E-state index >= 15 is 0 Å². The SMILES string of the molecule is O=[N+]1CC=NC2=CC=CCC21. The second-order valence-electron chi connectivity index (χ2n) is 2.68. The van der Waals surface area contributed by atoms with Crippen molar-refractivity contribution >= 4 is 6.21 Å². The van der Waals surface area contributed by atoms with E-state index in [1.807, 2.05) is 18.2 Å². The van der Waals surface area contributed by atoms with E-state index in [1.165, 1.54) is 0 Å². The van der Waals surface area contributed by atoms with Crippen molar-refractivity contribution < 1.29 is 4.76 Å². The van der Waals surface area contributed by atoms with Crippen LogP contribution in [-0.4, -0.2) is 23.6 Å². The van der Waals surface area contributed by atoms with Gasteiger partial charge in [-0.05, 0) is 6.08 Å². The van der Waals surface area contributed by atoms with Crippen molar-refractivity contribution in [1.29, 1.82) is 0 Å². The van der Waals surface area contributed by atoms with Crippen LogP contribution in [0.4, 0.5) is 0 Å². The third kappa shape index (κ3) is 1.02. The lowest BCUT2D eigenvalue weighted by molar-refractivity contribution is -0.564. The average Bonchev–Trinajstić information content (AvgIpc) is 2.06. The van der Waals surface area contributed by atoms with Gasteiger partial charge in [0.2, 0.25) is 12.6 Å². The fourth-order valence-electron chi connectivity index (χ4n) is 1.35. The van der Waals surface area contributed by atoms with Gasteiger partial charge in [-0.2, -0.15) is 0 Å².